The highest BCUT2D eigenvalue weighted by atomic mass is 79.9. The molecule has 3 aromatic heterocycles. The van der Waals surface area contributed by atoms with E-state index in [-0.39, 0.29) is 5.91 Å². The summed E-state index contributed by atoms with van der Waals surface area (Å²) in [6.07, 6.45) is 5.16. The van der Waals surface area contributed by atoms with E-state index in [1.165, 1.54) is 0 Å². The van der Waals surface area contributed by atoms with Crippen LogP contribution in [0.15, 0.2) is 77.7 Å². The molecule has 4 rings (SSSR count). The van der Waals surface area contributed by atoms with Gasteiger partial charge in [0, 0.05) is 34.0 Å². The Morgan fingerprint density at radius 3 is 2.74 bits per heavy atom. The average molecular weight is 419 g/mol. The van der Waals surface area contributed by atoms with Gasteiger partial charge in [-0.2, -0.15) is 0 Å². The molecule has 3 heterocycles. The van der Waals surface area contributed by atoms with Crippen LogP contribution in [0.2, 0.25) is 0 Å². The first-order valence-corrected chi connectivity index (χ1v) is 9.19. The highest BCUT2D eigenvalue weighted by Crippen LogP contribution is 2.27. The van der Waals surface area contributed by atoms with Crippen molar-refractivity contribution in [3.63, 3.8) is 0 Å². The second kappa shape index (κ2) is 7.63. The lowest BCUT2D eigenvalue weighted by Gasteiger charge is -2.11. The van der Waals surface area contributed by atoms with Gasteiger partial charge in [0.2, 0.25) is 0 Å². The molecule has 1 amide bonds. The lowest BCUT2D eigenvalue weighted by Crippen LogP contribution is -2.23. The summed E-state index contributed by atoms with van der Waals surface area (Å²) >= 11 is 3.48. The molecule has 4 aromatic rings. The van der Waals surface area contributed by atoms with Gasteiger partial charge in [-0.05, 0) is 48.5 Å². The van der Waals surface area contributed by atoms with Crippen molar-refractivity contribution in [2.24, 2.45) is 0 Å². The Kier molecular flexibility index (Phi) is 4.89. The molecule has 1 N–H and O–H groups in total. The highest BCUT2D eigenvalue weighted by molar-refractivity contribution is 9.10. The van der Waals surface area contributed by atoms with Gasteiger partial charge >= 0.3 is 0 Å². The largest absolute Gasteiger partial charge is 0.346 e. The summed E-state index contributed by atoms with van der Waals surface area (Å²) < 4.78 is 0.893. The fourth-order valence-corrected chi connectivity index (χ4v) is 3.18. The molecular weight excluding hydrogens is 404 g/mol. The molecule has 0 aliphatic rings. The monoisotopic (exact) mass is 418 g/mol. The topological polar surface area (TPSA) is 67.8 Å². The van der Waals surface area contributed by atoms with Gasteiger partial charge in [0.15, 0.2) is 0 Å². The number of rotatable bonds is 4. The minimum atomic E-state index is -0.170. The number of hydrogen-bond donors (Lipinski definition) is 1. The van der Waals surface area contributed by atoms with Crippen molar-refractivity contribution >= 4 is 32.7 Å². The minimum absolute atomic E-state index is 0.170. The second-order valence-corrected chi connectivity index (χ2v) is 6.88. The van der Waals surface area contributed by atoms with E-state index < -0.39 is 0 Å². The molecule has 0 radical (unpaired) electrons. The van der Waals surface area contributed by atoms with Gasteiger partial charge in [-0.1, -0.05) is 22.0 Å². The average Bonchev–Trinajstić information content (AvgIpc) is 2.72. The van der Waals surface area contributed by atoms with Crippen molar-refractivity contribution in [1.29, 1.82) is 0 Å². The molecule has 0 aliphatic heterocycles. The van der Waals surface area contributed by atoms with Crippen LogP contribution in [0.25, 0.3) is 22.2 Å². The zero-order chi connectivity index (χ0) is 18.6. The summed E-state index contributed by atoms with van der Waals surface area (Å²) in [6, 6.07) is 16.9. The van der Waals surface area contributed by atoms with Crippen molar-refractivity contribution in [3.8, 4) is 11.3 Å². The molecule has 0 saturated heterocycles. The molecule has 5 nitrogen and oxygen atoms in total. The third kappa shape index (κ3) is 3.85. The molecule has 0 unspecified atom stereocenters. The molecule has 1 aromatic carbocycles. The predicted octanol–water partition coefficient (Wildman–Crippen LogP) is 4.38. The Morgan fingerprint density at radius 1 is 1.04 bits per heavy atom. The van der Waals surface area contributed by atoms with Crippen LogP contribution in [0.5, 0.6) is 0 Å². The molecule has 0 bridgehead atoms. The quantitative estimate of drug-likeness (QED) is 0.533. The molecule has 0 aliphatic carbocycles. The van der Waals surface area contributed by atoms with Crippen molar-refractivity contribution in [1.82, 2.24) is 20.3 Å². The van der Waals surface area contributed by atoms with Gasteiger partial charge in [-0.3, -0.25) is 14.8 Å². The number of aromatic nitrogens is 3. The fourth-order valence-electron chi connectivity index (χ4n) is 2.82. The zero-order valence-corrected chi connectivity index (χ0v) is 15.8. The van der Waals surface area contributed by atoms with Gasteiger partial charge in [-0.15, -0.1) is 0 Å². The van der Waals surface area contributed by atoms with Crippen LogP contribution in [0, 0.1) is 0 Å². The lowest BCUT2D eigenvalue weighted by atomic mass is 10.0. The Bertz CT molecular complexity index is 1100. The van der Waals surface area contributed by atoms with Gasteiger partial charge in [-0.25, -0.2) is 4.98 Å². The van der Waals surface area contributed by atoms with Crippen molar-refractivity contribution in [3.05, 3.63) is 88.9 Å². The third-order valence-corrected chi connectivity index (χ3v) is 4.62. The second-order valence-electron chi connectivity index (χ2n) is 5.96. The third-order valence-electron chi connectivity index (χ3n) is 4.13. The van der Waals surface area contributed by atoms with E-state index in [1.807, 2.05) is 48.5 Å². The number of nitrogens with zero attached hydrogens (tertiary/aromatic N) is 3. The molecule has 0 atom stereocenters. The molecule has 6 heteroatoms. The van der Waals surface area contributed by atoms with Crippen LogP contribution < -0.4 is 5.32 Å². The number of benzene rings is 1. The number of amides is 1. The maximum absolute atomic E-state index is 12.9. The van der Waals surface area contributed by atoms with E-state index >= 15 is 0 Å². The van der Waals surface area contributed by atoms with Crippen LogP contribution in [0.4, 0.5) is 0 Å². The first-order valence-electron chi connectivity index (χ1n) is 8.39. The highest BCUT2D eigenvalue weighted by Gasteiger charge is 2.14. The van der Waals surface area contributed by atoms with Crippen LogP contribution in [0.3, 0.4) is 0 Å². The maximum Gasteiger partial charge on any atom is 0.252 e. The van der Waals surface area contributed by atoms with Crippen molar-refractivity contribution in [2.75, 3.05) is 0 Å². The Hall–Kier alpha value is -3.12. The normalized spacial score (nSPS) is 10.7. The molecule has 132 valence electrons. The number of nitrogens with one attached hydrogen (secondary N) is 1. The van der Waals surface area contributed by atoms with E-state index in [9.17, 15) is 4.79 Å². The molecular formula is C21H15BrN4O. The van der Waals surface area contributed by atoms with Crippen LogP contribution in [-0.4, -0.2) is 20.9 Å². The number of halogens is 1. The number of carbonyl (C=O) groups excluding carboxylic acids is 1. The van der Waals surface area contributed by atoms with Gasteiger partial charge in [0.1, 0.15) is 0 Å². The van der Waals surface area contributed by atoms with Crippen molar-refractivity contribution < 1.29 is 4.79 Å². The van der Waals surface area contributed by atoms with Gasteiger partial charge < -0.3 is 5.32 Å². The van der Waals surface area contributed by atoms with E-state index in [2.05, 4.69) is 31.2 Å². The SMILES string of the molecule is O=C(NCc1ccccn1)c1cc(-c2cccnc2)nc2ccc(Br)cc12. The zero-order valence-electron chi connectivity index (χ0n) is 14.3. The number of carbonyl (C=O) groups is 1. The number of pyridine rings is 3. The van der Waals surface area contributed by atoms with Crippen LogP contribution in [0.1, 0.15) is 16.1 Å². The first-order chi connectivity index (χ1) is 13.2. The molecule has 0 spiro atoms. The molecule has 27 heavy (non-hydrogen) atoms. The first kappa shape index (κ1) is 17.3. The van der Waals surface area contributed by atoms with E-state index in [4.69, 9.17) is 4.98 Å². The summed E-state index contributed by atoms with van der Waals surface area (Å²) in [5, 5.41) is 3.73. The number of hydrogen-bond acceptors (Lipinski definition) is 4. The van der Waals surface area contributed by atoms with Crippen LogP contribution >= 0.6 is 15.9 Å². The minimum Gasteiger partial charge on any atom is -0.346 e. The van der Waals surface area contributed by atoms with Gasteiger partial charge in [0.25, 0.3) is 5.91 Å². The van der Waals surface area contributed by atoms with E-state index in [0.29, 0.717) is 17.8 Å². The molecule has 0 saturated carbocycles. The summed E-state index contributed by atoms with van der Waals surface area (Å²) in [7, 11) is 0. The number of fused-ring (bicyclic) bond motifs is 1. The smallest absolute Gasteiger partial charge is 0.252 e. The molecule has 0 fully saturated rings. The fraction of sp³-hybridized carbons (Fsp3) is 0.0476. The lowest BCUT2D eigenvalue weighted by molar-refractivity contribution is 0.0952. The van der Waals surface area contributed by atoms with E-state index in [0.717, 1.165) is 26.6 Å². The predicted molar refractivity (Wildman–Crippen MR) is 108 cm³/mol. The van der Waals surface area contributed by atoms with E-state index in [1.54, 1.807) is 24.7 Å². The summed E-state index contributed by atoms with van der Waals surface area (Å²) in [4.78, 5) is 26.0. The van der Waals surface area contributed by atoms with Crippen molar-refractivity contribution in [2.45, 2.75) is 6.54 Å². The maximum atomic E-state index is 12.9. The van der Waals surface area contributed by atoms with Gasteiger partial charge in [0.05, 0.1) is 29.0 Å². The summed E-state index contributed by atoms with van der Waals surface area (Å²) in [5.74, 6) is -0.170. The summed E-state index contributed by atoms with van der Waals surface area (Å²) in [5.41, 5.74) is 3.69. The Labute approximate surface area is 164 Å². The summed E-state index contributed by atoms with van der Waals surface area (Å²) in [6.45, 7) is 0.361. The van der Waals surface area contributed by atoms with Crippen LogP contribution in [-0.2, 0) is 6.54 Å². The Morgan fingerprint density at radius 2 is 1.96 bits per heavy atom. The standard InChI is InChI=1S/C21H15BrN4O/c22-15-6-7-19-17(10-15)18(11-20(26-19)14-4-3-8-23-12-14)21(27)25-13-16-5-1-2-9-24-16/h1-12H,13H2,(H,25,27). The Balaban J connectivity index is 1.75.